The number of benzene rings is 1. The Morgan fingerprint density at radius 2 is 2.00 bits per heavy atom. The van der Waals surface area contributed by atoms with Gasteiger partial charge in [-0.05, 0) is 56.2 Å². The van der Waals surface area contributed by atoms with Gasteiger partial charge in [-0.15, -0.1) is 0 Å². The highest BCUT2D eigenvalue weighted by atomic mass is 16.3. The van der Waals surface area contributed by atoms with Crippen molar-refractivity contribution in [1.29, 1.82) is 0 Å². The van der Waals surface area contributed by atoms with E-state index in [9.17, 15) is 10.2 Å². The van der Waals surface area contributed by atoms with E-state index in [0.717, 1.165) is 19.3 Å². The highest BCUT2D eigenvalue weighted by molar-refractivity contribution is 5.25. The second-order valence-corrected chi connectivity index (χ2v) is 5.75. The second kappa shape index (κ2) is 6.92. The predicted molar refractivity (Wildman–Crippen MR) is 77.2 cm³/mol. The van der Waals surface area contributed by atoms with E-state index in [1.54, 1.807) is 12.1 Å². The molecule has 3 N–H and O–H groups in total. The Labute approximate surface area is 115 Å². The molecule has 0 aliphatic heterocycles. The highest BCUT2D eigenvalue weighted by Gasteiger charge is 2.27. The Hall–Kier alpha value is -1.06. The fraction of sp³-hybridized carbons (Fsp3) is 0.625. The number of rotatable bonds is 6. The van der Waals surface area contributed by atoms with Crippen LogP contribution < -0.4 is 5.32 Å². The molecule has 3 heteroatoms. The van der Waals surface area contributed by atoms with Crippen LogP contribution in [0.4, 0.5) is 0 Å². The number of aliphatic hydroxyl groups is 1. The number of phenolic OH excluding ortho intramolecular Hbond substituents is 1. The summed E-state index contributed by atoms with van der Waals surface area (Å²) in [4.78, 5) is 0. The van der Waals surface area contributed by atoms with Crippen LogP contribution in [0.15, 0.2) is 24.3 Å². The van der Waals surface area contributed by atoms with Crippen LogP contribution in [-0.4, -0.2) is 28.9 Å². The zero-order valence-electron chi connectivity index (χ0n) is 11.7. The molecule has 0 heterocycles. The first-order chi connectivity index (χ1) is 9.19. The molecule has 0 amide bonds. The average molecular weight is 263 g/mol. The number of aryl methyl sites for hydroxylation is 1. The van der Waals surface area contributed by atoms with Crippen molar-refractivity contribution in [3.05, 3.63) is 29.8 Å². The van der Waals surface area contributed by atoms with Crippen LogP contribution in [0.2, 0.25) is 0 Å². The van der Waals surface area contributed by atoms with Gasteiger partial charge in [0.05, 0.1) is 0 Å². The van der Waals surface area contributed by atoms with E-state index in [2.05, 4.69) is 12.2 Å². The average Bonchev–Trinajstić information content (AvgIpc) is 2.85. The van der Waals surface area contributed by atoms with Gasteiger partial charge in [0.25, 0.3) is 0 Å². The van der Waals surface area contributed by atoms with Gasteiger partial charge in [-0.1, -0.05) is 18.6 Å². The van der Waals surface area contributed by atoms with Gasteiger partial charge in [-0.2, -0.15) is 0 Å². The monoisotopic (exact) mass is 263 g/mol. The van der Waals surface area contributed by atoms with E-state index in [4.69, 9.17) is 0 Å². The molecular formula is C16H25NO2. The van der Waals surface area contributed by atoms with Gasteiger partial charge in [0.1, 0.15) is 5.75 Å². The lowest BCUT2D eigenvalue weighted by molar-refractivity contribution is 0.199. The summed E-state index contributed by atoms with van der Waals surface area (Å²) >= 11 is 0. The molecule has 1 aromatic carbocycles. The van der Waals surface area contributed by atoms with Crippen molar-refractivity contribution in [3.8, 4) is 5.75 Å². The number of nitrogens with one attached hydrogen (secondary N) is 1. The van der Waals surface area contributed by atoms with E-state index in [0.29, 0.717) is 30.4 Å². The van der Waals surface area contributed by atoms with Gasteiger partial charge in [0.15, 0.2) is 0 Å². The fourth-order valence-corrected chi connectivity index (χ4v) is 2.97. The molecule has 0 radical (unpaired) electrons. The van der Waals surface area contributed by atoms with Gasteiger partial charge < -0.3 is 15.5 Å². The zero-order chi connectivity index (χ0) is 13.7. The van der Waals surface area contributed by atoms with Crippen molar-refractivity contribution < 1.29 is 10.2 Å². The molecule has 0 spiro atoms. The van der Waals surface area contributed by atoms with Crippen LogP contribution in [0.5, 0.6) is 5.75 Å². The van der Waals surface area contributed by atoms with Crippen LogP contribution in [0.3, 0.4) is 0 Å². The molecule has 1 aromatic rings. The standard InChI is InChI=1S/C16H25NO2/c1-12(17-16-4-2-3-14(16)11-18)5-6-13-7-9-15(19)10-8-13/h7-10,12,14,16-19H,2-6,11H2,1H3/t12-,14-,16-/m1/s1. The summed E-state index contributed by atoms with van der Waals surface area (Å²) in [7, 11) is 0. The number of aliphatic hydroxyl groups excluding tert-OH is 1. The van der Waals surface area contributed by atoms with E-state index >= 15 is 0 Å². The molecule has 19 heavy (non-hydrogen) atoms. The van der Waals surface area contributed by atoms with Crippen molar-refractivity contribution >= 4 is 0 Å². The lowest BCUT2D eigenvalue weighted by atomic mass is 10.0. The first-order valence-corrected chi connectivity index (χ1v) is 7.34. The van der Waals surface area contributed by atoms with Crippen molar-refractivity contribution in [2.24, 2.45) is 5.92 Å². The normalized spacial score (nSPS) is 24.5. The maximum absolute atomic E-state index is 9.32. The molecule has 3 nitrogen and oxygen atoms in total. The van der Waals surface area contributed by atoms with Crippen LogP contribution in [0, 0.1) is 5.92 Å². The second-order valence-electron chi connectivity index (χ2n) is 5.75. The Kier molecular flexibility index (Phi) is 5.23. The zero-order valence-corrected chi connectivity index (χ0v) is 11.7. The van der Waals surface area contributed by atoms with E-state index in [-0.39, 0.29) is 0 Å². The maximum atomic E-state index is 9.32. The van der Waals surface area contributed by atoms with Crippen LogP contribution in [0.25, 0.3) is 0 Å². The van der Waals surface area contributed by atoms with Crippen molar-refractivity contribution in [1.82, 2.24) is 5.32 Å². The minimum atomic E-state index is 0.308. The highest BCUT2D eigenvalue weighted by Crippen LogP contribution is 2.25. The minimum Gasteiger partial charge on any atom is -0.508 e. The molecule has 1 saturated carbocycles. The van der Waals surface area contributed by atoms with Crippen molar-refractivity contribution in [3.63, 3.8) is 0 Å². The third-order valence-corrected chi connectivity index (χ3v) is 4.19. The predicted octanol–water partition coefficient (Wildman–Crippen LogP) is 2.46. The van der Waals surface area contributed by atoms with Crippen LogP contribution in [0.1, 0.15) is 38.2 Å². The Morgan fingerprint density at radius 1 is 1.26 bits per heavy atom. The van der Waals surface area contributed by atoms with Gasteiger partial charge in [0, 0.05) is 18.7 Å². The first kappa shape index (κ1) is 14.4. The van der Waals surface area contributed by atoms with E-state index in [1.165, 1.54) is 18.4 Å². The molecule has 106 valence electrons. The summed E-state index contributed by atoms with van der Waals surface area (Å²) in [6.45, 7) is 2.52. The first-order valence-electron chi connectivity index (χ1n) is 7.34. The topological polar surface area (TPSA) is 52.5 Å². The summed E-state index contributed by atoms with van der Waals surface area (Å²) in [5.74, 6) is 0.766. The number of phenols is 1. The summed E-state index contributed by atoms with van der Waals surface area (Å²) < 4.78 is 0. The summed E-state index contributed by atoms with van der Waals surface area (Å²) in [6.07, 6.45) is 5.67. The van der Waals surface area contributed by atoms with Gasteiger partial charge in [-0.25, -0.2) is 0 Å². The van der Waals surface area contributed by atoms with Gasteiger partial charge >= 0.3 is 0 Å². The number of hydrogen-bond acceptors (Lipinski definition) is 3. The SMILES string of the molecule is C[C@H](CCc1ccc(O)cc1)N[C@@H]1CCC[C@@H]1CO. The molecule has 1 fully saturated rings. The lowest BCUT2D eigenvalue weighted by Crippen LogP contribution is -2.40. The van der Waals surface area contributed by atoms with Crippen LogP contribution >= 0.6 is 0 Å². The quantitative estimate of drug-likeness (QED) is 0.739. The Bertz CT molecular complexity index is 377. The third-order valence-electron chi connectivity index (χ3n) is 4.19. The molecule has 0 unspecified atom stereocenters. The number of hydrogen-bond donors (Lipinski definition) is 3. The molecule has 0 saturated heterocycles. The number of aromatic hydroxyl groups is 1. The van der Waals surface area contributed by atoms with Gasteiger partial charge in [0.2, 0.25) is 0 Å². The minimum absolute atomic E-state index is 0.308. The molecule has 1 aliphatic carbocycles. The lowest BCUT2D eigenvalue weighted by Gasteiger charge is -2.24. The van der Waals surface area contributed by atoms with Gasteiger partial charge in [-0.3, -0.25) is 0 Å². The third kappa shape index (κ3) is 4.22. The van der Waals surface area contributed by atoms with Crippen molar-refractivity contribution in [2.45, 2.75) is 51.1 Å². The summed E-state index contributed by atoms with van der Waals surface area (Å²) in [5, 5.41) is 22.2. The van der Waals surface area contributed by atoms with Crippen molar-refractivity contribution in [2.75, 3.05) is 6.61 Å². The van der Waals surface area contributed by atoms with E-state index in [1.807, 2.05) is 12.1 Å². The fourth-order valence-electron chi connectivity index (χ4n) is 2.97. The molecule has 0 aromatic heterocycles. The largest absolute Gasteiger partial charge is 0.508 e. The smallest absolute Gasteiger partial charge is 0.115 e. The van der Waals surface area contributed by atoms with E-state index < -0.39 is 0 Å². The molecular weight excluding hydrogens is 238 g/mol. The Morgan fingerprint density at radius 3 is 2.68 bits per heavy atom. The summed E-state index contributed by atoms with van der Waals surface area (Å²) in [6, 6.07) is 8.39. The molecule has 0 bridgehead atoms. The molecule has 1 aliphatic rings. The molecule has 2 rings (SSSR count). The Balaban J connectivity index is 1.75. The maximum Gasteiger partial charge on any atom is 0.115 e. The molecule has 3 atom stereocenters. The summed E-state index contributed by atoms with van der Waals surface area (Å²) in [5.41, 5.74) is 1.26. The van der Waals surface area contributed by atoms with Crippen LogP contribution in [-0.2, 0) is 6.42 Å².